The summed E-state index contributed by atoms with van der Waals surface area (Å²) in [6.45, 7) is 3.14. The van der Waals surface area contributed by atoms with Gasteiger partial charge in [-0.05, 0) is 31.0 Å². The highest BCUT2D eigenvalue weighted by Gasteiger charge is 2.25. The molecule has 4 rings (SSSR count). The zero-order chi connectivity index (χ0) is 19.0. The Kier molecular flexibility index (Phi) is 5.02. The number of aromatic nitrogens is 2. The van der Waals surface area contributed by atoms with Crippen molar-refractivity contribution < 1.29 is 4.79 Å². The van der Waals surface area contributed by atoms with E-state index in [1.807, 2.05) is 41.3 Å². The third-order valence-electron chi connectivity index (χ3n) is 5.25. The lowest BCUT2D eigenvalue weighted by molar-refractivity contribution is -0.129. The molecule has 1 aromatic heterocycles. The molecule has 1 amide bonds. The van der Waals surface area contributed by atoms with Gasteiger partial charge in [0.15, 0.2) is 0 Å². The van der Waals surface area contributed by atoms with Gasteiger partial charge in [0.2, 0.25) is 5.91 Å². The largest absolute Gasteiger partial charge is 0.343 e. The maximum absolute atomic E-state index is 11.6. The molecule has 1 aliphatic heterocycles. The molecule has 1 aliphatic rings. The first-order valence-corrected chi connectivity index (χ1v) is 9.74. The summed E-state index contributed by atoms with van der Waals surface area (Å²) in [6.07, 6.45) is 3.39. The van der Waals surface area contributed by atoms with Crippen LogP contribution in [0.15, 0.2) is 42.7 Å². The summed E-state index contributed by atoms with van der Waals surface area (Å²) in [5, 5.41) is 2.27. The van der Waals surface area contributed by atoms with Crippen molar-refractivity contribution in [1.82, 2.24) is 14.9 Å². The van der Waals surface area contributed by atoms with E-state index in [1.165, 1.54) is 0 Å². The van der Waals surface area contributed by atoms with Crippen LogP contribution in [-0.4, -0.2) is 33.9 Å². The number of carbonyl (C=O) groups excluding carboxylic acids is 1. The number of likely N-dealkylation sites (tertiary alicyclic amines) is 1. The van der Waals surface area contributed by atoms with Crippen LogP contribution in [0.4, 0.5) is 0 Å². The van der Waals surface area contributed by atoms with Crippen molar-refractivity contribution in [1.29, 1.82) is 0 Å². The predicted molar refractivity (Wildman–Crippen MR) is 109 cm³/mol. The van der Waals surface area contributed by atoms with Crippen molar-refractivity contribution in [2.75, 3.05) is 13.1 Å². The molecule has 2 heterocycles. The SMILES string of the molecule is CC(=O)N1CCC(c2ncnc3cc(Cl)c(-c4ccccc4Cl)cc23)CC1. The maximum atomic E-state index is 11.6. The number of rotatable bonds is 2. The van der Waals surface area contributed by atoms with Crippen molar-refractivity contribution in [2.45, 2.75) is 25.7 Å². The van der Waals surface area contributed by atoms with Gasteiger partial charge in [0, 0.05) is 47.5 Å². The number of carbonyl (C=O) groups is 1. The van der Waals surface area contributed by atoms with Crippen molar-refractivity contribution in [2.24, 2.45) is 0 Å². The molecule has 0 saturated carbocycles. The molecule has 0 radical (unpaired) electrons. The van der Waals surface area contributed by atoms with Crippen molar-refractivity contribution in [3.8, 4) is 11.1 Å². The quantitative estimate of drug-likeness (QED) is 0.584. The zero-order valence-corrected chi connectivity index (χ0v) is 16.5. The first-order chi connectivity index (χ1) is 13.0. The summed E-state index contributed by atoms with van der Waals surface area (Å²) in [5.41, 5.74) is 3.63. The molecule has 2 aromatic carbocycles. The summed E-state index contributed by atoms with van der Waals surface area (Å²) < 4.78 is 0. The molecule has 6 heteroatoms. The van der Waals surface area contributed by atoms with Gasteiger partial charge in [-0.1, -0.05) is 41.4 Å². The minimum absolute atomic E-state index is 0.133. The highest BCUT2D eigenvalue weighted by Crippen LogP contribution is 2.38. The molecule has 3 aromatic rings. The van der Waals surface area contributed by atoms with Crippen LogP contribution in [0.25, 0.3) is 22.0 Å². The number of hydrogen-bond donors (Lipinski definition) is 0. The van der Waals surface area contributed by atoms with Gasteiger partial charge in [-0.3, -0.25) is 4.79 Å². The smallest absolute Gasteiger partial charge is 0.219 e. The van der Waals surface area contributed by atoms with Crippen LogP contribution >= 0.6 is 23.2 Å². The fraction of sp³-hybridized carbons (Fsp3) is 0.286. The summed E-state index contributed by atoms with van der Waals surface area (Å²) in [7, 11) is 0. The van der Waals surface area contributed by atoms with E-state index in [1.54, 1.807) is 13.3 Å². The Morgan fingerprint density at radius 1 is 1.04 bits per heavy atom. The van der Waals surface area contributed by atoms with Gasteiger partial charge >= 0.3 is 0 Å². The van der Waals surface area contributed by atoms with E-state index >= 15 is 0 Å². The Balaban J connectivity index is 1.78. The average Bonchev–Trinajstić information content (AvgIpc) is 2.67. The van der Waals surface area contributed by atoms with E-state index in [2.05, 4.69) is 9.97 Å². The van der Waals surface area contributed by atoms with Crippen LogP contribution in [0.5, 0.6) is 0 Å². The molecule has 0 atom stereocenters. The third kappa shape index (κ3) is 3.52. The number of halogens is 2. The number of benzene rings is 2. The lowest BCUT2D eigenvalue weighted by atomic mass is 9.90. The molecular formula is C21H19Cl2N3O. The molecule has 0 N–H and O–H groups in total. The summed E-state index contributed by atoms with van der Waals surface area (Å²) in [4.78, 5) is 22.5. The molecule has 0 aliphatic carbocycles. The Hall–Kier alpha value is -2.17. The van der Waals surface area contributed by atoms with E-state index in [9.17, 15) is 4.79 Å². The molecule has 0 spiro atoms. The molecule has 27 heavy (non-hydrogen) atoms. The predicted octanol–water partition coefficient (Wildman–Crippen LogP) is 5.33. The second-order valence-electron chi connectivity index (χ2n) is 6.87. The number of nitrogens with zero attached hydrogens (tertiary/aromatic N) is 3. The number of fused-ring (bicyclic) bond motifs is 1. The molecule has 138 valence electrons. The average molecular weight is 400 g/mol. The fourth-order valence-electron chi connectivity index (χ4n) is 3.78. The fourth-order valence-corrected chi connectivity index (χ4v) is 4.27. The van der Waals surface area contributed by atoms with Gasteiger partial charge in [-0.25, -0.2) is 9.97 Å². The van der Waals surface area contributed by atoms with Gasteiger partial charge in [-0.15, -0.1) is 0 Å². The lowest BCUT2D eigenvalue weighted by Crippen LogP contribution is -2.36. The molecule has 0 unspecified atom stereocenters. The normalized spacial score (nSPS) is 15.3. The van der Waals surface area contributed by atoms with E-state index in [-0.39, 0.29) is 5.91 Å². The first kappa shape index (κ1) is 18.2. The molecule has 1 fully saturated rings. The second kappa shape index (κ2) is 7.45. The van der Waals surface area contributed by atoms with E-state index in [4.69, 9.17) is 23.2 Å². The van der Waals surface area contributed by atoms with Crippen molar-refractivity contribution >= 4 is 40.0 Å². The molecule has 4 nitrogen and oxygen atoms in total. The van der Waals surface area contributed by atoms with E-state index < -0.39 is 0 Å². The highest BCUT2D eigenvalue weighted by atomic mass is 35.5. The Morgan fingerprint density at radius 2 is 1.78 bits per heavy atom. The summed E-state index contributed by atoms with van der Waals surface area (Å²) in [5.74, 6) is 0.431. The van der Waals surface area contributed by atoms with Gasteiger partial charge in [0.25, 0.3) is 0 Å². The van der Waals surface area contributed by atoms with Crippen molar-refractivity contribution in [3.63, 3.8) is 0 Å². The monoisotopic (exact) mass is 399 g/mol. The van der Waals surface area contributed by atoms with Crippen molar-refractivity contribution in [3.05, 3.63) is 58.5 Å². The van der Waals surface area contributed by atoms with Crippen LogP contribution < -0.4 is 0 Å². The zero-order valence-electron chi connectivity index (χ0n) is 15.0. The van der Waals surface area contributed by atoms with Gasteiger partial charge in [0.05, 0.1) is 16.2 Å². The minimum atomic E-state index is 0.133. The molecule has 0 bridgehead atoms. The second-order valence-corrected chi connectivity index (χ2v) is 7.68. The van der Waals surface area contributed by atoms with E-state index in [0.717, 1.165) is 53.7 Å². The highest BCUT2D eigenvalue weighted by molar-refractivity contribution is 6.37. The summed E-state index contributed by atoms with van der Waals surface area (Å²) in [6, 6.07) is 11.6. The Bertz CT molecular complexity index is 1010. The number of piperidine rings is 1. The minimum Gasteiger partial charge on any atom is -0.343 e. The van der Waals surface area contributed by atoms with Gasteiger partial charge < -0.3 is 4.90 Å². The molecule has 1 saturated heterocycles. The van der Waals surface area contributed by atoms with Gasteiger partial charge in [-0.2, -0.15) is 0 Å². The Labute approximate surface area is 168 Å². The number of amides is 1. The first-order valence-electron chi connectivity index (χ1n) is 8.99. The van der Waals surface area contributed by atoms with Crippen LogP contribution in [0.2, 0.25) is 10.0 Å². The maximum Gasteiger partial charge on any atom is 0.219 e. The molecular weight excluding hydrogens is 381 g/mol. The standard InChI is InChI=1S/C21H19Cl2N3O/c1-13(27)26-8-6-14(7-9-26)21-17-10-16(15-4-2-3-5-18(15)22)19(23)11-20(17)24-12-25-21/h2-5,10-12,14H,6-9H2,1H3. The lowest BCUT2D eigenvalue weighted by Gasteiger charge is -2.31. The summed E-state index contributed by atoms with van der Waals surface area (Å²) >= 11 is 12.9. The van der Waals surface area contributed by atoms with E-state index in [0.29, 0.717) is 16.0 Å². The third-order valence-corrected chi connectivity index (χ3v) is 5.89. The number of hydrogen-bond acceptors (Lipinski definition) is 3. The topological polar surface area (TPSA) is 46.1 Å². The van der Waals surface area contributed by atoms with Crippen LogP contribution in [0.1, 0.15) is 31.4 Å². The van der Waals surface area contributed by atoms with Crippen LogP contribution in [0, 0.1) is 0 Å². The van der Waals surface area contributed by atoms with Crippen LogP contribution in [0.3, 0.4) is 0 Å². The van der Waals surface area contributed by atoms with Crippen LogP contribution in [-0.2, 0) is 4.79 Å². The van der Waals surface area contributed by atoms with Gasteiger partial charge in [0.1, 0.15) is 6.33 Å². The Morgan fingerprint density at radius 3 is 2.48 bits per heavy atom.